The van der Waals surface area contributed by atoms with Crippen molar-refractivity contribution < 1.29 is 8.42 Å². The summed E-state index contributed by atoms with van der Waals surface area (Å²) in [5, 5.41) is 4.65. The number of fused-ring (bicyclic) bond motifs is 1. The zero-order valence-electron chi connectivity index (χ0n) is 15.6. The fraction of sp³-hybridized carbons (Fsp3) is 0.684. The second kappa shape index (κ2) is 7.43. The number of rotatable bonds is 4. The second-order valence-corrected chi connectivity index (χ2v) is 11.4. The van der Waals surface area contributed by atoms with Gasteiger partial charge in [-0.15, -0.1) is 0 Å². The van der Waals surface area contributed by atoms with Gasteiger partial charge in [0, 0.05) is 37.1 Å². The number of nitrogens with zero attached hydrogens (tertiary/aromatic N) is 2. The molecule has 4 atom stereocenters. The van der Waals surface area contributed by atoms with E-state index >= 15 is 0 Å². The van der Waals surface area contributed by atoms with Crippen LogP contribution in [0.15, 0.2) is 29.2 Å². The molecule has 3 aliphatic rings. The van der Waals surface area contributed by atoms with E-state index in [2.05, 4.69) is 33.9 Å². The third-order valence-electron chi connectivity index (χ3n) is 6.01. The summed E-state index contributed by atoms with van der Waals surface area (Å²) < 4.78 is 23.4. The number of nitrogens with one attached hydrogen (secondary N) is 1. The minimum absolute atomic E-state index is 0.140. The Morgan fingerprint density at radius 1 is 1.23 bits per heavy atom. The van der Waals surface area contributed by atoms with Crippen LogP contribution in [0.2, 0.25) is 0 Å². The van der Waals surface area contributed by atoms with Crippen molar-refractivity contribution in [3.05, 3.63) is 29.8 Å². The van der Waals surface area contributed by atoms with E-state index in [9.17, 15) is 8.42 Å². The van der Waals surface area contributed by atoms with E-state index in [1.54, 1.807) is 12.1 Å². The van der Waals surface area contributed by atoms with Gasteiger partial charge in [0.2, 0.25) is 0 Å². The quantitative estimate of drug-likeness (QED) is 0.843. The molecule has 0 spiro atoms. The topological polar surface area (TPSA) is 52.6 Å². The minimum atomic E-state index is -3.14. The maximum Gasteiger partial charge on any atom is 0.175 e. The summed E-state index contributed by atoms with van der Waals surface area (Å²) in [4.78, 5) is 5.40. The van der Waals surface area contributed by atoms with Crippen LogP contribution in [-0.4, -0.2) is 68.3 Å². The molecule has 1 N–H and O–H groups in total. The molecule has 4 unspecified atom stereocenters. The summed E-state index contributed by atoms with van der Waals surface area (Å²) in [7, 11) is -0.984. The van der Waals surface area contributed by atoms with E-state index in [1.807, 2.05) is 12.1 Å². The molecule has 0 amide bonds. The van der Waals surface area contributed by atoms with Gasteiger partial charge in [0.05, 0.1) is 17.2 Å². The lowest BCUT2D eigenvalue weighted by Gasteiger charge is -2.43. The standard InChI is InChI=1S/C19H29N3O2S2/c1-21-12-15-9-10-22(13-16-4-3-11-25-16)19(15)20-18(21)14-5-7-17(8-6-14)26(2,23)24/h5-8,15-16,18-20H,3-4,9-13H2,1-2H3. The van der Waals surface area contributed by atoms with Crippen molar-refractivity contribution in [1.29, 1.82) is 0 Å². The average Bonchev–Trinajstić information content (AvgIpc) is 3.24. The number of hydrogen-bond acceptors (Lipinski definition) is 6. The summed E-state index contributed by atoms with van der Waals surface area (Å²) in [6.07, 6.45) is 5.82. The Morgan fingerprint density at radius 2 is 2.00 bits per heavy atom. The van der Waals surface area contributed by atoms with Crippen molar-refractivity contribution in [2.24, 2.45) is 5.92 Å². The second-order valence-electron chi connectivity index (χ2n) is 7.97. The van der Waals surface area contributed by atoms with Crippen LogP contribution in [0.25, 0.3) is 0 Å². The molecule has 3 aliphatic heterocycles. The number of likely N-dealkylation sites (tertiary alicyclic amines) is 1. The van der Waals surface area contributed by atoms with Crippen LogP contribution in [0.1, 0.15) is 31.0 Å². The Balaban J connectivity index is 1.48. The highest BCUT2D eigenvalue weighted by Crippen LogP contribution is 2.35. The smallest absolute Gasteiger partial charge is 0.175 e. The Labute approximate surface area is 161 Å². The van der Waals surface area contributed by atoms with Gasteiger partial charge in [-0.2, -0.15) is 11.8 Å². The lowest BCUT2D eigenvalue weighted by Crippen LogP contribution is -2.57. The normalized spacial score (nSPS) is 33.5. The summed E-state index contributed by atoms with van der Waals surface area (Å²) in [6.45, 7) is 3.47. The molecule has 26 heavy (non-hydrogen) atoms. The summed E-state index contributed by atoms with van der Waals surface area (Å²) in [6, 6.07) is 7.37. The molecule has 0 radical (unpaired) electrons. The van der Waals surface area contributed by atoms with Crippen LogP contribution < -0.4 is 5.32 Å². The van der Waals surface area contributed by atoms with Crippen molar-refractivity contribution >= 4 is 21.6 Å². The maximum atomic E-state index is 11.7. The first kappa shape index (κ1) is 18.7. The lowest BCUT2D eigenvalue weighted by atomic mass is 9.99. The van der Waals surface area contributed by atoms with Crippen molar-refractivity contribution in [3.8, 4) is 0 Å². The van der Waals surface area contributed by atoms with Gasteiger partial charge in [0.25, 0.3) is 0 Å². The van der Waals surface area contributed by atoms with Gasteiger partial charge in [0.15, 0.2) is 9.84 Å². The number of sulfone groups is 1. The molecule has 4 rings (SSSR count). The minimum Gasteiger partial charge on any atom is -0.287 e. The summed E-state index contributed by atoms with van der Waals surface area (Å²) >= 11 is 2.13. The monoisotopic (exact) mass is 395 g/mol. The first-order valence-corrected chi connectivity index (χ1v) is 12.5. The zero-order chi connectivity index (χ0) is 18.3. The predicted molar refractivity (Wildman–Crippen MR) is 107 cm³/mol. The van der Waals surface area contributed by atoms with E-state index in [0.717, 1.165) is 17.4 Å². The molecule has 7 heteroatoms. The van der Waals surface area contributed by atoms with Gasteiger partial charge in [-0.25, -0.2) is 8.42 Å². The molecule has 1 aromatic rings. The highest BCUT2D eigenvalue weighted by molar-refractivity contribution is 8.00. The van der Waals surface area contributed by atoms with E-state index in [-0.39, 0.29) is 6.17 Å². The van der Waals surface area contributed by atoms with Gasteiger partial charge in [-0.05, 0) is 49.8 Å². The molecule has 3 heterocycles. The van der Waals surface area contributed by atoms with Crippen molar-refractivity contribution in [2.45, 2.75) is 41.7 Å². The van der Waals surface area contributed by atoms with E-state index in [0.29, 0.717) is 17.0 Å². The Bertz CT molecular complexity index is 732. The molecule has 1 aromatic carbocycles. The molecular weight excluding hydrogens is 366 g/mol. The van der Waals surface area contributed by atoms with Crippen LogP contribution in [0.3, 0.4) is 0 Å². The molecule has 0 saturated carbocycles. The fourth-order valence-electron chi connectivity index (χ4n) is 4.63. The van der Waals surface area contributed by atoms with Gasteiger partial charge >= 0.3 is 0 Å². The molecule has 0 bridgehead atoms. The van der Waals surface area contributed by atoms with Gasteiger partial charge in [0.1, 0.15) is 0 Å². The summed E-state index contributed by atoms with van der Waals surface area (Å²) in [5.74, 6) is 2.00. The lowest BCUT2D eigenvalue weighted by molar-refractivity contribution is 0.0456. The van der Waals surface area contributed by atoms with Crippen LogP contribution in [0.4, 0.5) is 0 Å². The average molecular weight is 396 g/mol. The highest BCUT2D eigenvalue weighted by atomic mass is 32.2. The van der Waals surface area contributed by atoms with E-state index in [4.69, 9.17) is 0 Å². The molecule has 144 valence electrons. The molecule has 5 nitrogen and oxygen atoms in total. The number of benzene rings is 1. The number of thioether (sulfide) groups is 1. The third-order valence-corrected chi connectivity index (χ3v) is 8.51. The SMILES string of the molecule is CN1CC2CCN(CC3CCCS3)C2NC1c1ccc(S(C)(=O)=O)cc1. The van der Waals surface area contributed by atoms with E-state index in [1.165, 1.54) is 44.4 Å². The predicted octanol–water partition coefficient (Wildman–Crippen LogP) is 2.17. The van der Waals surface area contributed by atoms with Gasteiger partial charge in [-0.1, -0.05) is 12.1 Å². The van der Waals surface area contributed by atoms with Gasteiger partial charge < -0.3 is 0 Å². The molecule has 3 saturated heterocycles. The van der Waals surface area contributed by atoms with Crippen LogP contribution in [0.5, 0.6) is 0 Å². The largest absolute Gasteiger partial charge is 0.287 e. The summed E-state index contributed by atoms with van der Waals surface area (Å²) in [5.41, 5.74) is 1.14. The molecule has 0 aliphatic carbocycles. The van der Waals surface area contributed by atoms with E-state index < -0.39 is 9.84 Å². The fourth-order valence-corrected chi connectivity index (χ4v) is 6.55. The Hall–Kier alpha value is -0.600. The zero-order valence-corrected chi connectivity index (χ0v) is 17.2. The first-order valence-electron chi connectivity index (χ1n) is 9.54. The van der Waals surface area contributed by atoms with Crippen molar-refractivity contribution in [3.63, 3.8) is 0 Å². The molecule has 3 fully saturated rings. The molecule has 0 aromatic heterocycles. The number of hydrogen-bond donors (Lipinski definition) is 1. The molecular formula is C19H29N3O2S2. The van der Waals surface area contributed by atoms with Crippen molar-refractivity contribution in [2.75, 3.05) is 38.7 Å². The Kier molecular flexibility index (Phi) is 5.36. The Morgan fingerprint density at radius 3 is 2.65 bits per heavy atom. The van der Waals surface area contributed by atoms with Crippen LogP contribution >= 0.6 is 11.8 Å². The highest BCUT2D eigenvalue weighted by Gasteiger charge is 2.41. The van der Waals surface area contributed by atoms with Gasteiger partial charge in [-0.3, -0.25) is 15.1 Å². The van der Waals surface area contributed by atoms with Crippen LogP contribution in [-0.2, 0) is 9.84 Å². The maximum absolute atomic E-state index is 11.7. The third kappa shape index (κ3) is 3.83. The van der Waals surface area contributed by atoms with Crippen LogP contribution in [0, 0.1) is 5.92 Å². The van der Waals surface area contributed by atoms with Crippen molar-refractivity contribution in [1.82, 2.24) is 15.1 Å². The first-order chi connectivity index (χ1) is 12.4.